The fraction of sp³-hybridized carbons (Fsp3) is 0.0909. The molecule has 216 valence electrons. The number of imidazole rings is 1. The van der Waals surface area contributed by atoms with Gasteiger partial charge in [0.05, 0.1) is 11.6 Å². The molecular weight excluding hydrogens is 554 g/mol. The molecule has 6 aromatic rings. The van der Waals surface area contributed by atoms with E-state index in [4.69, 9.17) is 15.7 Å². The lowest BCUT2D eigenvalue weighted by Crippen LogP contribution is -2.27. The smallest absolute Gasteiger partial charge is 0.251 e. The molecule has 0 unspecified atom stereocenters. The van der Waals surface area contributed by atoms with Gasteiger partial charge in [-0.15, -0.1) is 0 Å². The average molecular weight is 582 g/mol. The van der Waals surface area contributed by atoms with Gasteiger partial charge in [-0.3, -0.25) is 14.2 Å². The van der Waals surface area contributed by atoms with Crippen LogP contribution in [0.15, 0.2) is 104 Å². The quantitative estimate of drug-likeness (QED) is 0.230. The van der Waals surface area contributed by atoms with Gasteiger partial charge in [0.1, 0.15) is 11.3 Å². The molecule has 11 nitrogen and oxygen atoms in total. The van der Waals surface area contributed by atoms with Crippen molar-refractivity contribution in [2.75, 3.05) is 11.1 Å². The number of carbonyl (C=O) groups is 2. The van der Waals surface area contributed by atoms with Crippen LogP contribution in [0, 0.1) is 0 Å². The Morgan fingerprint density at radius 3 is 2.73 bits per heavy atom. The maximum Gasteiger partial charge on any atom is 0.251 e. The van der Waals surface area contributed by atoms with E-state index in [1.165, 1.54) is 6.08 Å². The number of nitrogens with two attached hydrogens (primary N) is 1. The Balaban J connectivity index is 1.24. The number of hydrogen-bond acceptors (Lipinski definition) is 7. The number of nitrogens with zero attached hydrogens (tertiary/aromatic N) is 6. The SMILES string of the molecule is C=CC(=O)Nc1cccc(C(=O)N[C@H]2CCc3cc(-n4c(-c5cccnc5N)nc5ccc(-n6cccn6)nc54)ccc32)c1. The summed E-state index contributed by atoms with van der Waals surface area (Å²) in [5.41, 5.74) is 12.4. The van der Waals surface area contributed by atoms with Crippen molar-refractivity contribution in [2.45, 2.75) is 18.9 Å². The first-order valence-corrected chi connectivity index (χ1v) is 14.1. The number of aryl methyl sites for hydroxylation is 1. The zero-order valence-electron chi connectivity index (χ0n) is 23.5. The van der Waals surface area contributed by atoms with E-state index >= 15 is 0 Å². The molecule has 0 spiro atoms. The summed E-state index contributed by atoms with van der Waals surface area (Å²) in [6.45, 7) is 3.47. The van der Waals surface area contributed by atoms with Crippen molar-refractivity contribution in [2.24, 2.45) is 0 Å². The maximum absolute atomic E-state index is 13.2. The molecule has 1 aliphatic carbocycles. The van der Waals surface area contributed by atoms with Gasteiger partial charge in [0.25, 0.3) is 5.91 Å². The topological polar surface area (TPSA) is 146 Å². The molecule has 0 saturated heterocycles. The lowest BCUT2D eigenvalue weighted by Gasteiger charge is -2.16. The van der Waals surface area contributed by atoms with Gasteiger partial charge < -0.3 is 16.4 Å². The van der Waals surface area contributed by atoms with E-state index in [2.05, 4.69) is 33.4 Å². The van der Waals surface area contributed by atoms with Gasteiger partial charge in [-0.25, -0.2) is 19.6 Å². The minimum Gasteiger partial charge on any atom is -0.383 e. The summed E-state index contributed by atoms with van der Waals surface area (Å²) >= 11 is 0. The van der Waals surface area contributed by atoms with E-state index in [0.717, 1.165) is 29.7 Å². The average Bonchev–Trinajstić information content (AvgIpc) is 3.80. The first-order valence-electron chi connectivity index (χ1n) is 14.1. The summed E-state index contributed by atoms with van der Waals surface area (Å²) in [5.74, 6) is 1.10. The number of rotatable bonds is 7. The number of benzene rings is 2. The largest absolute Gasteiger partial charge is 0.383 e. The summed E-state index contributed by atoms with van der Waals surface area (Å²) in [4.78, 5) is 39.0. The van der Waals surface area contributed by atoms with Crippen LogP contribution in [-0.4, -0.2) is 41.1 Å². The van der Waals surface area contributed by atoms with E-state index in [-0.39, 0.29) is 17.9 Å². The zero-order chi connectivity index (χ0) is 30.2. The number of nitrogen functional groups attached to an aromatic ring is 1. The Hall–Kier alpha value is -6.10. The van der Waals surface area contributed by atoms with Gasteiger partial charge in [0, 0.05) is 35.5 Å². The third-order valence-electron chi connectivity index (χ3n) is 7.65. The minimum atomic E-state index is -0.337. The summed E-state index contributed by atoms with van der Waals surface area (Å²) in [5, 5.41) is 10.2. The molecule has 11 heteroatoms. The lowest BCUT2D eigenvalue weighted by atomic mass is 10.1. The molecule has 7 rings (SSSR count). The van der Waals surface area contributed by atoms with Gasteiger partial charge in [0.2, 0.25) is 5.91 Å². The van der Waals surface area contributed by atoms with E-state index in [9.17, 15) is 9.59 Å². The summed E-state index contributed by atoms with van der Waals surface area (Å²) in [6.07, 6.45) is 7.92. The van der Waals surface area contributed by atoms with E-state index in [1.54, 1.807) is 41.3 Å². The van der Waals surface area contributed by atoms with Gasteiger partial charge in [-0.05, 0) is 90.7 Å². The number of hydrogen-bond donors (Lipinski definition) is 3. The number of carbonyl (C=O) groups excluding carboxylic acids is 2. The van der Waals surface area contributed by atoms with E-state index < -0.39 is 0 Å². The predicted octanol–water partition coefficient (Wildman–Crippen LogP) is 4.79. The van der Waals surface area contributed by atoms with Crippen LogP contribution in [0.3, 0.4) is 0 Å². The van der Waals surface area contributed by atoms with Crippen LogP contribution in [-0.2, 0) is 11.2 Å². The van der Waals surface area contributed by atoms with Crippen LogP contribution in [0.25, 0.3) is 34.1 Å². The Morgan fingerprint density at radius 2 is 1.91 bits per heavy atom. The van der Waals surface area contributed by atoms with Gasteiger partial charge >= 0.3 is 0 Å². The Morgan fingerprint density at radius 1 is 1.00 bits per heavy atom. The molecular formula is C33H27N9O2. The van der Waals surface area contributed by atoms with Crippen molar-refractivity contribution >= 4 is 34.5 Å². The highest BCUT2D eigenvalue weighted by atomic mass is 16.2. The third-order valence-corrected chi connectivity index (χ3v) is 7.65. The maximum atomic E-state index is 13.2. The first kappa shape index (κ1) is 26.8. The minimum absolute atomic E-state index is 0.157. The van der Waals surface area contributed by atoms with Crippen molar-refractivity contribution in [3.05, 3.63) is 121 Å². The molecule has 0 saturated carbocycles. The van der Waals surface area contributed by atoms with E-state index in [1.807, 2.05) is 53.2 Å². The molecule has 1 aliphatic rings. The predicted molar refractivity (Wildman–Crippen MR) is 167 cm³/mol. The molecule has 4 aromatic heterocycles. The molecule has 4 N–H and O–H groups in total. The zero-order valence-corrected chi connectivity index (χ0v) is 23.5. The normalized spacial score (nSPS) is 13.9. The number of fused-ring (bicyclic) bond motifs is 2. The Labute approximate surface area is 252 Å². The highest BCUT2D eigenvalue weighted by Crippen LogP contribution is 2.36. The van der Waals surface area contributed by atoms with Gasteiger partial charge in [0.15, 0.2) is 17.3 Å². The second kappa shape index (κ2) is 11.0. The molecule has 0 radical (unpaired) electrons. The number of aromatic nitrogens is 6. The summed E-state index contributed by atoms with van der Waals surface area (Å²) < 4.78 is 3.69. The molecule has 0 aliphatic heterocycles. The van der Waals surface area contributed by atoms with E-state index in [0.29, 0.717) is 45.4 Å². The van der Waals surface area contributed by atoms with Gasteiger partial charge in [-0.2, -0.15) is 5.10 Å². The first-order chi connectivity index (χ1) is 21.5. The van der Waals surface area contributed by atoms with Crippen molar-refractivity contribution in [1.82, 2.24) is 34.6 Å². The molecule has 0 bridgehead atoms. The fourth-order valence-corrected chi connectivity index (χ4v) is 5.58. The fourth-order valence-electron chi connectivity index (χ4n) is 5.58. The lowest BCUT2D eigenvalue weighted by molar-refractivity contribution is -0.111. The second-order valence-corrected chi connectivity index (χ2v) is 10.4. The van der Waals surface area contributed by atoms with Crippen LogP contribution in [0.4, 0.5) is 11.5 Å². The van der Waals surface area contributed by atoms with Crippen LogP contribution in [0.5, 0.6) is 0 Å². The number of amides is 2. The molecule has 2 aromatic carbocycles. The van der Waals surface area contributed by atoms with Crippen molar-refractivity contribution < 1.29 is 9.59 Å². The highest BCUT2D eigenvalue weighted by Gasteiger charge is 2.26. The molecule has 4 heterocycles. The molecule has 2 amide bonds. The van der Waals surface area contributed by atoms with Gasteiger partial charge in [-0.1, -0.05) is 18.7 Å². The highest BCUT2D eigenvalue weighted by molar-refractivity contribution is 6.01. The number of anilines is 2. The summed E-state index contributed by atoms with van der Waals surface area (Å²) in [6, 6.07) is 22.2. The molecule has 0 fully saturated rings. The Bertz CT molecular complexity index is 2060. The number of pyridine rings is 2. The van der Waals surface area contributed by atoms with Crippen molar-refractivity contribution in [3.8, 4) is 22.9 Å². The van der Waals surface area contributed by atoms with Crippen LogP contribution in [0.2, 0.25) is 0 Å². The molecule has 1 atom stereocenters. The second-order valence-electron chi connectivity index (χ2n) is 10.4. The third kappa shape index (κ3) is 4.86. The monoisotopic (exact) mass is 581 g/mol. The molecule has 44 heavy (non-hydrogen) atoms. The van der Waals surface area contributed by atoms with Crippen molar-refractivity contribution in [1.29, 1.82) is 0 Å². The Kier molecular flexibility index (Phi) is 6.66. The van der Waals surface area contributed by atoms with Crippen LogP contribution in [0.1, 0.15) is 33.9 Å². The van der Waals surface area contributed by atoms with Crippen LogP contribution < -0.4 is 16.4 Å². The number of nitrogens with one attached hydrogen (secondary N) is 2. The standard InChI is InChI=1S/C33H27N9O2/c1-2-29(43)37-22-7-3-6-21(18-22)33(44)39-26-12-9-20-19-23(10-11-24(20)26)42-31(25-8-4-15-35-30(25)34)38-27-13-14-28(40-32(27)42)41-17-5-16-36-41/h2-8,10-11,13-19,26H,1,9,12H2,(H2,34,35)(H,37,43)(H,39,44)/t26-/m0/s1. The van der Waals surface area contributed by atoms with Crippen molar-refractivity contribution in [3.63, 3.8) is 0 Å². The summed E-state index contributed by atoms with van der Waals surface area (Å²) in [7, 11) is 0. The van der Waals surface area contributed by atoms with Crippen LogP contribution >= 0.6 is 0 Å².